The van der Waals surface area contributed by atoms with E-state index in [-0.39, 0.29) is 0 Å². The highest BCUT2D eigenvalue weighted by atomic mass is 16.5. The van der Waals surface area contributed by atoms with E-state index in [4.69, 9.17) is 4.74 Å². The van der Waals surface area contributed by atoms with Gasteiger partial charge in [-0.05, 0) is 81.0 Å². The van der Waals surface area contributed by atoms with Crippen molar-refractivity contribution in [3.05, 3.63) is 11.6 Å². The lowest BCUT2D eigenvalue weighted by Crippen LogP contribution is -2.35. The third-order valence-corrected chi connectivity index (χ3v) is 8.65. The van der Waals surface area contributed by atoms with Crippen molar-refractivity contribution in [3.63, 3.8) is 0 Å². The van der Waals surface area contributed by atoms with Crippen molar-refractivity contribution >= 4 is 0 Å². The lowest BCUT2D eigenvalue weighted by Gasteiger charge is -2.41. The summed E-state index contributed by atoms with van der Waals surface area (Å²) in [6.07, 6.45) is 26.0. The molecule has 3 aliphatic rings. The van der Waals surface area contributed by atoms with Crippen molar-refractivity contribution < 1.29 is 4.74 Å². The van der Waals surface area contributed by atoms with E-state index in [0.717, 1.165) is 29.6 Å². The van der Waals surface area contributed by atoms with Crippen molar-refractivity contribution in [1.29, 1.82) is 0 Å². The molecule has 28 heavy (non-hydrogen) atoms. The molecule has 0 aromatic rings. The molecule has 0 aliphatic heterocycles. The molecular formula is C27H48O. The minimum atomic E-state index is 0.495. The molecule has 2 saturated carbocycles. The van der Waals surface area contributed by atoms with Gasteiger partial charge in [0.1, 0.15) is 0 Å². The zero-order valence-electron chi connectivity index (χ0n) is 19.3. The predicted molar refractivity (Wildman–Crippen MR) is 122 cm³/mol. The van der Waals surface area contributed by atoms with E-state index in [1.165, 1.54) is 103 Å². The summed E-state index contributed by atoms with van der Waals surface area (Å²) in [6.45, 7) is 4.67. The Morgan fingerprint density at radius 3 is 2.14 bits per heavy atom. The van der Waals surface area contributed by atoms with Gasteiger partial charge in [0.05, 0.1) is 6.10 Å². The Labute approximate surface area is 176 Å². The van der Waals surface area contributed by atoms with Gasteiger partial charge in [-0.2, -0.15) is 0 Å². The maximum atomic E-state index is 6.10. The molecule has 0 aromatic heterocycles. The minimum Gasteiger partial charge on any atom is -0.381 e. The summed E-state index contributed by atoms with van der Waals surface area (Å²) in [5, 5.41) is 0. The van der Waals surface area contributed by atoms with Crippen LogP contribution < -0.4 is 0 Å². The maximum absolute atomic E-state index is 6.10. The average molecular weight is 389 g/mol. The van der Waals surface area contributed by atoms with Gasteiger partial charge in [-0.3, -0.25) is 0 Å². The van der Waals surface area contributed by atoms with Gasteiger partial charge in [0.25, 0.3) is 0 Å². The van der Waals surface area contributed by atoms with Gasteiger partial charge in [0, 0.05) is 7.11 Å². The largest absolute Gasteiger partial charge is 0.381 e. The zero-order chi connectivity index (χ0) is 19.8. The van der Waals surface area contributed by atoms with Gasteiger partial charge in [-0.25, -0.2) is 0 Å². The Hall–Kier alpha value is -0.300. The molecule has 162 valence electrons. The van der Waals surface area contributed by atoms with E-state index in [9.17, 15) is 0 Å². The topological polar surface area (TPSA) is 9.23 Å². The van der Waals surface area contributed by atoms with Crippen LogP contribution >= 0.6 is 0 Å². The van der Waals surface area contributed by atoms with Crippen molar-refractivity contribution in [3.8, 4) is 0 Å². The van der Waals surface area contributed by atoms with E-state index < -0.39 is 0 Å². The molecule has 2 atom stereocenters. The van der Waals surface area contributed by atoms with Crippen LogP contribution in [0.25, 0.3) is 0 Å². The SMILES string of the molecule is CCCCCC1CCC(C2=CCC(C3CCC(CCC)CC3)C(OC)C2)CC1. The van der Waals surface area contributed by atoms with E-state index in [1.807, 2.05) is 7.11 Å². The molecule has 2 unspecified atom stereocenters. The molecule has 3 rings (SSSR count). The molecule has 0 aromatic carbocycles. The second kappa shape index (κ2) is 11.8. The summed E-state index contributed by atoms with van der Waals surface area (Å²) in [4.78, 5) is 0. The first-order valence-corrected chi connectivity index (χ1v) is 13.0. The summed E-state index contributed by atoms with van der Waals surface area (Å²) in [5.74, 6) is 4.63. The molecule has 0 spiro atoms. The second-order valence-corrected chi connectivity index (χ2v) is 10.4. The van der Waals surface area contributed by atoms with E-state index in [0.29, 0.717) is 6.10 Å². The fourth-order valence-corrected chi connectivity index (χ4v) is 6.81. The summed E-state index contributed by atoms with van der Waals surface area (Å²) >= 11 is 0. The molecule has 1 heteroatoms. The van der Waals surface area contributed by atoms with Gasteiger partial charge in [0.15, 0.2) is 0 Å². The molecular weight excluding hydrogens is 340 g/mol. The number of rotatable bonds is 9. The summed E-state index contributed by atoms with van der Waals surface area (Å²) in [6, 6.07) is 0. The molecule has 0 bridgehead atoms. The van der Waals surface area contributed by atoms with Crippen molar-refractivity contribution in [2.45, 2.75) is 123 Å². The monoisotopic (exact) mass is 388 g/mol. The summed E-state index contributed by atoms with van der Waals surface area (Å²) in [5.41, 5.74) is 1.77. The van der Waals surface area contributed by atoms with Crippen LogP contribution in [-0.4, -0.2) is 13.2 Å². The van der Waals surface area contributed by atoms with Gasteiger partial charge in [0.2, 0.25) is 0 Å². The maximum Gasteiger partial charge on any atom is 0.0642 e. The van der Waals surface area contributed by atoms with E-state index >= 15 is 0 Å². The Kier molecular flexibility index (Phi) is 9.41. The van der Waals surface area contributed by atoms with Crippen LogP contribution in [0.15, 0.2) is 11.6 Å². The number of unbranched alkanes of at least 4 members (excludes halogenated alkanes) is 2. The number of methoxy groups -OCH3 is 1. The van der Waals surface area contributed by atoms with Crippen LogP contribution in [-0.2, 0) is 4.74 Å². The van der Waals surface area contributed by atoms with Crippen LogP contribution in [0.5, 0.6) is 0 Å². The zero-order valence-corrected chi connectivity index (χ0v) is 19.3. The third kappa shape index (κ3) is 6.10. The summed E-state index contributed by atoms with van der Waals surface area (Å²) in [7, 11) is 1.98. The summed E-state index contributed by atoms with van der Waals surface area (Å²) < 4.78 is 6.10. The van der Waals surface area contributed by atoms with Gasteiger partial charge >= 0.3 is 0 Å². The van der Waals surface area contributed by atoms with E-state index in [2.05, 4.69) is 19.9 Å². The average Bonchev–Trinajstić information content (AvgIpc) is 2.75. The first-order valence-electron chi connectivity index (χ1n) is 13.0. The standard InChI is InChI=1S/C27H48O/c1-4-6-7-9-22-10-14-23(15-11-22)25-18-19-26(27(20-25)28-3)24-16-12-21(8-5-2)13-17-24/h18,21-24,26-27H,4-17,19-20H2,1-3H3. The van der Waals surface area contributed by atoms with Gasteiger partial charge in [-0.15, -0.1) is 0 Å². The number of hydrogen-bond acceptors (Lipinski definition) is 1. The molecule has 0 saturated heterocycles. The lowest BCUT2D eigenvalue weighted by molar-refractivity contribution is 0.00754. The van der Waals surface area contributed by atoms with Gasteiger partial charge < -0.3 is 4.74 Å². The van der Waals surface area contributed by atoms with Crippen molar-refractivity contribution in [2.75, 3.05) is 7.11 Å². The Bertz CT molecular complexity index is 451. The highest BCUT2D eigenvalue weighted by Gasteiger charge is 2.36. The van der Waals surface area contributed by atoms with Crippen molar-refractivity contribution in [1.82, 2.24) is 0 Å². The first-order chi connectivity index (χ1) is 13.7. The Morgan fingerprint density at radius 2 is 1.50 bits per heavy atom. The fraction of sp³-hybridized carbons (Fsp3) is 0.926. The van der Waals surface area contributed by atoms with Crippen molar-refractivity contribution in [2.24, 2.45) is 29.6 Å². The first kappa shape index (κ1) is 22.4. The van der Waals surface area contributed by atoms with Crippen LogP contribution in [0.3, 0.4) is 0 Å². The number of allylic oxidation sites excluding steroid dienone is 1. The highest BCUT2D eigenvalue weighted by Crippen LogP contribution is 2.45. The Morgan fingerprint density at radius 1 is 0.821 bits per heavy atom. The predicted octanol–water partition coefficient (Wildman–Crippen LogP) is 8.33. The molecule has 0 radical (unpaired) electrons. The highest BCUT2D eigenvalue weighted by molar-refractivity contribution is 5.14. The molecule has 0 heterocycles. The van der Waals surface area contributed by atoms with Crippen LogP contribution in [0.2, 0.25) is 0 Å². The van der Waals surface area contributed by atoms with E-state index in [1.54, 1.807) is 5.57 Å². The van der Waals surface area contributed by atoms with Crippen LogP contribution in [0.1, 0.15) is 117 Å². The van der Waals surface area contributed by atoms with Gasteiger partial charge in [-0.1, -0.05) is 76.9 Å². The minimum absolute atomic E-state index is 0.495. The normalized spacial score (nSPS) is 36.9. The molecule has 1 nitrogen and oxygen atoms in total. The molecule has 0 amide bonds. The smallest absolute Gasteiger partial charge is 0.0642 e. The lowest BCUT2D eigenvalue weighted by atomic mass is 9.67. The molecule has 3 aliphatic carbocycles. The fourth-order valence-electron chi connectivity index (χ4n) is 6.81. The number of hydrogen-bond donors (Lipinski definition) is 0. The third-order valence-electron chi connectivity index (χ3n) is 8.65. The quantitative estimate of drug-likeness (QED) is 0.285. The second-order valence-electron chi connectivity index (χ2n) is 10.4. The van der Waals surface area contributed by atoms with Crippen LogP contribution in [0, 0.1) is 29.6 Å². The molecule has 2 fully saturated rings. The van der Waals surface area contributed by atoms with Crippen LogP contribution in [0.4, 0.5) is 0 Å². The Balaban J connectivity index is 1.47. The number of ether oxygens (including phenoxy) is 1. The molecule has 0 N–H and O–H groups in total.